The minimum atomic E-state index is -0.508. The van der Waals surface area contributed by atoms with E-state index in [-0.39, 0.29) is 13.2 Å². The number of hydrogen-bond donors (Lipinski definition) is 2. The number of nitrogens with zero attached hydrogens (tertiary/aromatic N) is 1. The Morgan fingerprint density at radius 2 is 1.96 bits per heavy atom. The van der Waals surface area contributed by atoms with Crippen LogP contribution in [0.4, 0.5) is 0 Å². The Morgan fingerprint density at radius 1 is 1.19 bits per heavy atom. The lowest BCUT2D eigenvalue weighted by Gasteiger charge is -2.24. The van der Waals surface area contributed by atoms with Gasteiger partial charge in [0.25, 0.3) is 0 Å². The van der Waals surface area contributed by atoms with E-state index in [9.17, 15) is 5.11 Å². The first-order valence-electron chi connectivity index (χ1n) is 9.71. The molecule has 1 aromatic carbocycles. The van der Waals surface area contributed by atoms with Gasteiger partial charge in [-0.1, -0.05) is 44.0 Å². The van der Waals surface area contributed by atoms with Gasteiger partial charge in [-0.15, -0.1) is 6.42 Å². The van der Waals surface area contributed by atoms with Crippen molar-refractivity contribution in [1.82, 2.24) is 4.57 Å². The molecule has 0 bridgehead atoms. The molecule has 0 aliphatic rings. The van der Waals surface area contributed by atoms with Crippen LogP contribution in [0.25, 0.3) is 0 Å². The van der Waals surface area contributed by atoms with E-state index in [4.69, 9.17) is 11.2 Å². The number of hydrogen-bond acceptors (Lipinski definition) is 2. The van der Waals surface area contributed by atoms with E-state index in [2.05, 4.69) is 73.9 Å². The van der Waals surface area contributed by atoms with Crippen molar-refractivity contribution < 1.29 is 14.7 Å². The highest BCUT2D eigenvalue weighted by Gasteiger charge is 2.19. The van der Waals surface area contributed by atoms with Crippen LogP contribution in [0.5, 0.6) is 0 Å². The van der Waals surface area contributed by atoms with Crippen LogP contribution in [0.3, 0.4) is 0 Å². The Kier molecular flexibility index (Phi) is 8.60. The summed E-state index contributed by atoms with van der Waals surface area (Å²) in [6.07, 6.45) is 6.83. The summed E-state index contributed by atoms with van der Waals surface area (Å²) in [5.74, 6) is 2.99. The number of quaternary nitrogens is 1. The first-order chi connectivity index (χ1) is 13.0. The summed E-state index contributed by atoms with van der Waals surface area (Å²) in [6, 6.07) is 12.8. The van der Waals surface area contributed by atoms with Crippen LogP contribution in [-0.2, 0) is 17.8 Å². The van der Waals surface area contributed by atoms with E-state index < -0.39 is 6.10 Å². The van der Waals surface area contributed by atoms with Crippen LogP contribution in [0.2, 0.25) is 0 Å². The molecule has 0 amide bonds. The van der Waals surface area contributed by atoms with Crippen molar-refractivity contribution in [3.63, 3.8) is 0 Å². The molecule has 0 saturated carbocycles. The van der Waals surface area contributed by atoms with Crippen molar-refractivity contribution in [2.24, 2.45) is 5.92 Å². The minimum absolute atomic E-state index is 0.246. The Hall–Kier alpha value is -2.06. The first kappa shape index (κ1) is 21.2. The third-order valence-electron chi connectivity index (χ3n) is 4.67. The molecule has 0 radical (unpaired) electrons. The molecule has 4 heteroatoms. The number of aromatic nitrogens is 1. The molecule has 0 saturated heterocycles. The van der Waals surface area contributed by atoms with Gasteiger partial charge in [0.15, 0.2) is 0 Å². The minimum Gasteiger partial charge on any atom is -0.385 e. The molecule has 1 unspecified atom stereocenters. The summed E-state index contributed by atoms with van der Waals surface area (Å²) < 4.78 is 7.61. The number of nitrogens with one attached hydrogen (secondary N) is 1. The van der Waals surface area contributed by atoms with Crippen LogP contribution in [0.15, 0.2) is 42.6 Å². The van der Waals surface area contributed by atoms with Gasteiger partial charge in [0, 0.05) is 18.7 Å². The maximum Gasteiger partial charge on any atom is 0.126 e. The number of aliphatic hydroxyl groups is 1. The number of aryl methyl sites for hydroxylation is 1. The van der Waals surface area contributed by atoms with Crippen molar-refractivity contribution in [2.75, 3.05) is 26.3 Å². The molecule has 27 heavy (non-hydrogen) atoms. The second-order valence-corrected chi connectivity index (χ2v) is 7.66. The maximum atomic E-state index is 10.3. The molecule has 0 aliphatic heterocycles. The average molecular weight is 370 g/mol. The third kappa shape index (κ3) is 7.22. The number of rotatable bonds is 11. The average Bonchev–Trinajstić information content (AvgIpc) is 3.03. The fourth-order valence-corrected chi connectivity index (χ4v) is 3.44. The van der Waals surface area contributed by atoms with E-state index >= 15 is 0 Å². The molecular weight excluding hydrogens is 336 g/mol. The van der Waals surface area contributed by atoms with Gasteiger partial charge in [-0.05, 0) is 30.2 Å². The Morgan fingerprint density at radius 3 is 2.67 bits per heavy atom. The van der Waals surface area contributed by atoms with Crippen molar-refractivity contribution in [3.8, 4) is 12.3 Å². The standard InChI is InChI=1S/C23H32N2O2/c1-5-13-27-18-23(26)17-24(14-19(2)3)16-22-11-8-12-25(22)15-21-10-7-6-9-20(21)4/h1,6-12,19,23,26H,13-18H2,2-4H3/p+1/t23-/m0/s1. The Bertz CT molecular complexity index is 730. The second-order valence-electron chi connectivity index (χ2n) is 7.66. The lowest BCUT2D eigenvalue weighted by molar-refractivity contribution is -0.920. The molecule has 0 fully saturated rings. The molecule has 1 aromatic heterocycles. The van der Waals surface area contributed by atoms with Crippen LogP contribution < -0.4 is 4.90 Å². The van der Waals surface area contributed by atoms with Gasteiger partial charge in [0.1, 0.15) is 25.8 Å². The van der Waals surface area contributed by atoms with Crippen molar-refractivity contribution in [3.05, 3.63) is 59.4 Å². The Labute approximate surface area is 163 Å². The summed E-state index contributed by atoms with van der Waals surface area (Å²) in [5, 5.41) is 10.3. The number of benzene rings is 1. The third-order valence-corrected chi connectivity index (χ3v) is 4.67. The van der Waals surface area contributed by atoms with Crippen LogP contribution in [0.1, 0.15) is 30.7 Å². The molecule has 2 rings (SSSR count). The number of terminal acetylenes is 1. The smallest absolute Gasteiger partial charge is 0.126 e. The largest absolute Gasteiger partial charge is 0.385 e. The van der Waals surface area contributed by atoms with Crippen molar-refractivity contribution >= 4 is 0 Å². The fourth-order valence-electron chi connectivity index (χ4n) is 3.44. The fraction of sp³-hybridized carbons (Fsp3) is 0.478. The molecule has 0 spiro atoms. The van der Waals surface area contributed by atoms with Crippen molar-refractivity contribution in [1.29, 1.82) is 0 Å². The van der Waals surface area contributed by atoms with Crippen LogP contribution in [-0.4, -0.2) is 42.1 Å². The van der Waals surface area contributed by atoms with E-state index in [1.165, 1.54) is 21.7 Å². The topological polar surface area (TPSA) is 38.8 Å². The SMILES string of the molecule is C#CCOC[C@@H](O)C[NH+](Cc1cccn1Cc1ccccc1C)CC(C)C. The first-order valence-corrected chi connectivity index (χ1v) is 9.71. The molecule has 4 nitrogen and oxygen atoms in total. The van der Waals surface area contributed by atoms with Gasteiger partial charge in [0.05, 0.1) is 18.8 Å². The highest BCUT2D eigenvalue weighted by molar-refractivity contribution is 5.26. The van der Waals surface area contributed by atoms with Gasteiger partial charge in [-0.3, -0.25) is 0 Å². The van der Waals surface area contributed by atoms with Gasteiger partial charge in [-0.2, -0.15) is 0 Å². The zero-order valence-corrected chi connectivity index (χ0v) is 16.8. The highest BCUT2D eigenvalue weighted by Crippen LogP contribution is 2.11. The molecular formula is C23H33N2O2+. The normalized spacial score (nSPS) is 13.5. The lowest BCUT2D eigenvalue weighted by atomic mass is 10.1. The number of aliphatic hydroxyl groups excluding tert-OH is 1. The Balaban J connectivity index is 2.03. The van der Waals surface area contributed by atoms with Gasteiger partial charge in [0.2, 0.25) is 0 Å². The summed E-state index contributed by atoms with van der Waals surface area (Å²) in [6.45, 7) is 10.5. The maximum absolute atomic E-state index is 10.3. The van der Waals surface area contributed by atoms with Gasteiger partial charge >= 0.3 is 0 Å². The monoisotopic (exact) mass is 369 g/mol. The van der Waals surface area contributed by atoms with E-state index in [1.807, 2.05) is 0 Å². The van der Waals surface area contributed by atoms with Gasteiger partial charge < -0.3 is 19.3 Å². The van der Waals surface area contributed by atoms with Crippen LogP contribution in [0, 0.1) is 25.2 Å². The van der Waals surface area contributed by atoms with E-state index in [1.54, 1.807) is 0 Å². The molecule has 2 atom stereocenters. The van der Waals surface area contributed by atoms with Crippen LogP contribution >= 0.6 is 0 Å². The summed E-state index contributed by atoms with van der Waals surface area (Å²) in [7, 11) is 0. The molecule has 2 N–H and O–H groups in total. The quantitative estimate of drug-likeness (QED) is 0.469. The van der Waals surface area contributed by atoms with Crippen molar-refractivity contribution in [2.45, 2.75) is 40.0 Å². The predicted molar refractivity (Wildman–Crippen MR) is 110 cm³/mol. The highest BCUT2D eigenvalue weighted by atomic mass is 16.5. The molecule has 0 aliphatic carbocycles. The molecule has 146 valence electrons. The predicted octanol–water partition coefficient (Wildman–Crippen LogP) is 1.90. The van der Waals surface area contributed by atoms with Gasteiger partial charge in [-0.25, -0.2) is 0 Å². The number of ether oxygens (including phenoxy) is 1. The summed E-state index contributed by atoms with van der Waals surface area (Å²) in [4.78, 5) is 1.35. The molecule has 1 heterocycles. The zero-order valence-electron chi connectivity index (χ0n) is 16.8. The van der Waals surface area contributed by atoms with E-state index in [0.29, 0.717) is 12.5 Å². The zero-order chi connectivity index (χ0) is 19.6. The lowest BCUT2D eigenvalue weighted by Crippen LogP contribution is -3.12. The summed E-state index contributed by atoms with van der Waals surface area (Å²) >= 11 is 0. The second kappa shape index (κ2) is 10.9. The van der Waals surface area contributed by atoms with E-state index in [0.717, 1.165) is 19.6 Å². The summed E-state index contributed by atoms with van der Waals surface area (Å²) in [5.41, 5.74) is 3.93. The molecule has 2 aromatic rings.